The number of imide groups is 1. The van der Waals surface area contributed by atoms with Crippen molar-refractivity contribution in [1.82, 2.24) is 9.88 Å². The van der Waals surface area contributed by atoms with Gasteiger partial charge in [0.05, 0.1) is 25.3 Å². The molecule has 2 aliphatic heterocycles. The van der Waals surface area contributed by atoms with Crippen LogP contribution in [0.25, 0.3) is 0 Å². The molecule has 2 aromatic rings. The molecule has 27 heavy (non-hydrogen) atoms. The fraction of sp³-hybridized carbons (Fsp3) is 0.350. The van der Waals surface area contributed by atoms with E-state index in [1.807, 2.05) is 24.3 Å². The van der Waals surface area contributed by atoms with E-state index in [0.29, 0.717) is 11.4 Å². The topological polar surface area (TPSA) is 66.0 Å². The SMILES string of the molecule is COc1ccccc1N1C(=O)C[C@@H](N2CCN(c3ccccn3)CC2)C1=O. The number of carbonyl (C=O) groups is 2. The Morgan fingerprint density at radius 2 is 1.74 bits per heavy atom. The highest BCUT2D eigenvalue weighted by molar-refractivity contribution is 6.23. The number of ether oxygens (including phenoxy) is 1. The second kappa shape index (κ2) is 7.36. The first-order valence-corrected chi connectivity index (χ1v) is 9.09. The number of aromatic nitrogens is 1. The average Bonchev–Trinajstić information content (AvgIpc) is 3.02. The van der Waals surface area contributed by atoms with Crippen molar-refractivity contribution in [2.75, 3.05) is 43.1 Å². The minimum Gasteiger partial charge on any atom is -0.495 e. The molecule has 2 fully saturated rings. The van der Waals surface area contributed by atoms with Crippen LogP contribution in [0.4, 0.5) is 11.5 Å². The Morgan fingerprint density at radius 1 is 1.00 bits per heavy atom. The lowest BCUT2D eigenvalue weighted by Crippen LogP contribution is -2.52. The number of methoxy groups -OCH3 is 1. The predicted octanol–water partition coefficient (Wildman–Crippen LogP) is 1.54. The molecule has 0 saturated carbocycles. The molecule has 2 aliphatic rings. The van der Waals surface area contributed by atoms with Gasteiger partial charge in [-0.05, 0) is 24.3 Å². The van der Waals surface area contributed by atoms with Gasteiger partial charge in [-0.25, -0.2) is 9.88 Å². The number of nitrogens with zero attached hydrogens (tertiary/aromatic N) is 4. The highest BCUT2D eigenvalue weighted by Crippen LogP contribution is 2.33. The first-order valence-electron chi connectivity index (χ1n) is 9.09. The molecule has 7 nitrogen and oxygen atoms in total. The maximum Gasteiger partial charge on any atom is 0.251 e. The van der Waals surface area contributed by atoms with Gasteiger partial charge in [-0.15, -0.1) is 0 Å². The zero-order valence-corrected chi connectivity index (χ0v) is 15.2. The Labute approximate surface area is 158 Å². The Morgan fingerprint density at radius 3 is 2.44 bits per heavy atom. The summed E-state index contributed by atoms with van der Waals surface area (Å²) < 4.78 is 5.32. The summed E-state index contributed by atoms with van der Waals surface area (Å²) in [6.07, 6.45) is 1.99. The smallest absolute Gasteiger partial charge is 0.251 e. The Bertz CT molecular complexity index is 834. The van der Waals surface area contributed by atoms with E-state index in [1.165, 1.54) is 12.0 Å². The Kier molecular flexibility index (Phi) is 4.77. The monoisotopic (exact) mass is 366 g/mol. The molecule has 1 atom stereocenters. The number of hydrogen-bond donors (Lipinski definition) is 0. The first kappa shape index (κ1) is 17.5. The van der Waals surface area contributed by atoms with Gasteiger partial charge in [-0.1, -0.05) is 18.2 Å². The Balaban J connectivity index is 1.47. The van der Waals surface area contributed by atoms with E-state index in [-0.39, 0.29) is 18.2 Å². The van der Waals surface area contributed by atoms with E-state index in [9.17, 15) is 9.59 Å². The number of pyridine rings is 1. The minimum absolute atomic E-state index is 0.171. The number of para-hydroxylation sites is 2. The molecule has 3 heterocycles. The van der Waals surface area contributed by atoms with Crippen LogP contribution in [-0.2, 0) is 9.59 Å². The van der Waals surface area contributed by atoms with Crippen molar-refractivity contribution in [3.63, 3.8) is 0 Å². The third-order valence-corrected chi connectivity index (χ3v) is 5.18. The van der Waals surface area contributed by atoms with Gasteiger partial charge in [0.25, 0.3) is 5.91 Å². The van der Waals surface area contributed by atoms with Crippen molar-refractivity contribution in [2.45, 2.75) is 12.5 Å². The summed E-state index contributed by atoms with van der Waals surface area (Å²) in [4.78, 5) is 35.6. The molecule has 0 N–H and O–H groups in total. The molecular formula is C20H22N4O3. The lowest BCUT2D eigenvalue weighted by molar-refractivity contribution is -0.123. The normalized spacial score (nSPS) is 21.0. The van der Waals surface area contributed by atoms with Crippen molar-refractivity contribution in [3.05, 3.63) is 48.7 Å². The molecule has 7 heteroatoms. The summed E-state index contributed by atoms with van der Waals surface area (Å²) in [6, 6.07) is 12.6. The van der Waals surface area contributed by atoms with Gasteiger partial charge in [-0.3, -0.25) is 14.5 Å². The standard InChI is InChI=1S/C20H22N4O3/c1-27-17-7-3-2-6-15(17)24-19(25)14-16(20(24)26)22-10-12-23(13-11-22)18-8-4-5-9-21-18/h2-9,16H,10-14H2,1H3/t16-/m1/s1. The number of piperazine rings is 1. The molecule has 0 bridgehead atoms. The first-order chi connectivity index (χ1) is 13.2. The van der Waals surface area contributed by atoms with Gasteiger partial charge in [0.15, 0.2) is 0 Å². The van der Waals surface area contributed by atoms with E-state index >= 15 is 0 Å². The van der Waals surface area contributed by atoms with Crippen LogP contribution in [0.3, 0.4) is 0 Å². The van der Waals surface area contributed by atoms with Crippen LogP contribution in [0.2, 0.25) is 0 Å². The van der Waals surface area contributed by atoms with Gasteiger partial charge in [-0.2, -0.15) is 0 Å². The minimum atomic E-state index is -0.409. The van der Waals surface area contributed by atoms with E-state index < -0.39 is 6.04 Å². The van der Waals surface area contributed by atoms with Crippen LogP contribution in [0.5, 0.6) is 5.75 Å². The largest absolute Gasteiger partial charge is 0.495 e. The number of rotatable bonds is 4. The Hall–Kier alpha value is -2.93. The summed E-state index contributed by atoms with van der Waals surface area (Å²) in [5.41, 5.74) is 0.518. The van der Waals surface area contributed by atoms with Gasteiger partial charge < -0.3 is 9.64 Å². The van der Waals surface area contributed by atoms with Crippen molar-refractivity contribution in [2.24, 2.45) is 0 Å². The van der Waals surface area contributed by atoms with E-state index in [0.717, 1.165) is 32.0 Å². The van der Waals surface area contributed by atoms with Gasteiger partial charge >= 0.3 is 0 Å². The average molecular weight is 366 g/mol. The summed E-state index contributed by atoms with van der Waals surface area (Å²) >= 11 is 0. The van der Waals surface area contributed by atoms with Gasteiger partial charge in [0, 0.05) is 32.4 Å². The van der Waals surface area contributed by atoms with Gasteiger partial charge in [0.1, 0.15) is 11.6 Å². The summed E-state index contributed by atoms with van der Waals surface area (Å²) in [5.74, 6) is 1.12. The van der Waals surface area contributed by atoms with Crippen LogP contribution in [0.15, 0.2) is 48.7 Å². The molecule has 140 valence electrons. The van der Waals surface area contributed by atoms with Crippen molar-refractivity contribution in [1.29, 1.82) is 0 Å². The van der Waals surface area contributed by atoms with Crippen molar-refractivity contribution in [3.8, 4) is 5.75 Å². The molecule has 0 radical (unpaired) electrons. The number of hydrogen-bond acceptors (Lipinski definition) is 6. The van der Waals surface area contributed by atoms with Crippen LogP contribution < -0.4 is 14.5 Å². The maximum atomic E-state index is 13.0. The van der Waals surface area contributed by atoms with Crippen LogP contribution in [0, 0.1) is 0 Å². The number of anilines is 2. The van der Waals surface area contributed by atoms with E-state index in [1.54, 1.807) is 24.4 Å². The summed E-state index contributed by atoms with van der Waals surface area (Å²) in [5, 5.41) is 0. The molecular weight excluding hydrogens is 344 g/mol. The van der Waals surface area contributed by atoms with E-state index in [4.69, 9.17) is 4.74 Å². The molecule has 0 aliphatic carbocycles. The van der Waals surface area contributed by atoms with Crippen molar-refractivity contribution < 1.29 is 14.3 Å². The summed E-state index contributed by atoms with van der Waals surface area (Å²) in [7, 11) is 1.54. The molecule has 2 amide bonds. The second-order valence-corrected chi connectivity index (χ2v) is 6.67. The number of amides is 2. The third-order valence-electron chi connectivity index (χ3n) is 5.18. The van der Waals surface area contributed by atoms with Gasteiger partial charge in [0.2, 0.25) is 5.91 Å². The highest BCUT2D eigenvalue weighted by Gasteiger charge is 2.44. The quantitative estimate of drug-likeness (QED) is 0.765. The third kappa shape index (κ3) is 3.26. The zero-order valence-electron chi connectivity index (χ0n) is 15.2. The molecule has 1 aromatic heterocycles. The summed E-state index contributed by atoms with van der Waals surface area (Å²) in [6.45, 7) is 3.01. The molecule has 2 saturated heterocycles. The van der Waals surface area contributed by atoms with Crippen LogP contribution in [0.1, 0.15) is 6.42 Å². The molecule has 1 aromatic carbocycles. The second-order valence-electron chi connectivity index (χ2n) is 6.67. The molecule has 0 unspecified atom stereocenters. The van der Waals surface area contributed by atoms with E-state index in [2.05, 4.69) is 14.8 Å². The van der Waals surface area contributed by atoms with Crippen LogP contribution >= 0.6 is 0 Å². The van der Waals surface area contributed by atoms with Crippen LogP contribution in [-0.4, -0.2) is 61.0 Å². The lowest BCUT2D eigenvalue weighted by Gasteiger charge is -2.37. The van der Waals surface area contributed by atoms with Crippen molar-refractivity contribution >= 4 is 23.3 Å². The molecule has 4 rings (SSSR count). The fourth-order valence-corrected chi connectivity index (χ4v) is 3.77. The molecule has 0 spiro atoms. The maximum absolute atomic E-state index is 13.0. The fourth-order valence-electron chi connectivity index (χ4n) is 3.77. The number of carbonyl (C=O) groups excluding carboxylic acids is 2. The number of benzene rings is 1. The lowest BCUT2D eigenvalue weighted by atomic mass is 10.1. The predicted molar refractivity (Wildman–Crippen MR) is 102 cm³/mol. The highest BCUT2D eigenvalue weighted by atomic mass is 16.5. The zero-order chi connectivity index (χ0) is 18.8.